The van der Waals surface area contributed by atoms with E-state index < -0.39 is 0 Å². The summed E-state index contributed by atoms with van der Waals surface area (Å²) in [6.45, 7) is 2.46. The normalized spacial score (nSPS) is 26.2. The zero-order valence-electron chi connectivity index (χ0n) is 11.3. The number of ether oxygens (including phenoxy) is 1. The van der Waals surface area contributed by atoms with Gasteiger partial charge >= 0.3 is 5.97 Å². The molecule has 0 saturated carbocycles. The molecule has 2 atom stereocenters. The zero-order valence-corrected chi connectivity index (χ0v) is 11.3. The topological polar surface area (TPSA) is 41.6 Å². The molecule has 19 heavy (non-hydrogen) atoms. The van der Waals surface area contributed by atoms with Crippen molar-refractivity contribution in [2.45, 2.75) is 31.3 Å². The maximum absolute atomic E-state index is 11.4. The molecule has 2 saturated heterocycles. The first-order chi connectivity index (χ1) is 9.28. The number of carbonyl (C=O) groups is 1. The molecule has 4 heteroatoms. The number of anilines is 1. The van der Waals surface area contributed by atoms with Crippen molar-refractivity contribution in [2.75, 3.05) is 25.5 Å². The van der Waals surface area contributed by atoms with Crippen LogP contribution >= 0.6 is 0 Å². The van der Waals surface area contributed by atoms with E-state index in [0.717, 1.165) is 5.69 Å². The Kier molecular flexibility index (Phi) is 3.42. The molecule has 1 aromatic carbocycles. The van der Waals surface area contributed by atoms with Crippen molar-refractivity contribution >= 4 is 11.7 Å². The first-order valence-corrected chi connectivity index (χ1v) is 6.97. The highest BCUT2D eigenvalue weighted by atomic mass is 16.5. The predicted octanol–water partition coefficient (Wildman–Crippen LogP) is 2.12. The van der Waals surface area contributed by atoms with Gasteiger partial charge < -0.3 is 10.1 Å². The lowest BCUT2D eigenvalue weighted by Gasteiger charge is -2.22. The van der Waals surface area contributed by atoms with Gasteiger partial charge in [0.1, 0.15) is 0 Å². The van der Waals surface area contributed by atoms with E-state index in [2.05, 4.69) is 10.2 Å². The third kappa shape index (κ3) is 2.45. The van der Waals surface area contributed by atoms with Crippen LogP contribution in [0.4, 0.5) is 5.69 Å². The third-order valence-electron chi connectivity index (χ3n) is 4.26. The minimum Gasteiger partial charge on any atom is -0.465 e. The van der Waals surface area contributed by atoms with Crippen molar-refractivity contribution in [3.63, 3.8) is 0 Å². The number of carbonyl (C=O) groups excluding carboxylic acids is 1. The van der Waals surface area contributed by atoms with E-state index >= 15 is 0 Å². The molecule has 2 aliphatic rings. The van der Waals surface area contributed by atoms with E-state index in [0.29, 0.717) is 17.6 Å². The van der Waals surface area contributed by atoms with E-state index in [1.807, 2.05) is 24.3 Å². The van der Waals surface area contributed by atoms with E-state index in [-0.39, 0.29) is 5.97 Å². The second-order valence-electron chi connectivity index (χ2n) is 5.35. The average molecular weight is 260 g/mol. The average Bonchev–Trinajstić information content (AvgIpc) is 3.04. The fourth-order valence-corrected chi connectivity index (χ4v) is 3.29. The predicted molar refractivity (Wildman–Crippen MR) is 74.4 cm³/mol. The van der Waals surface area contributed by atoms with E-state index in [9.17, 15) is 4.79 Å². The molecule has 1 aromatic rings. The van der Waals surface area contributed by atoms with Crippen LogP contribution in [0.5, 0.6) is 0 Å². The number of methoxy groups -OCH3 is 1. The molecule has 2 heterocycles. The fourth-order valence-electron chi connectivity index (χ4n) is 3.29. The first kappa shape index (κ1) is 12.5. The van der Waals surface area contributed by atoms with Crippen LogP contribution in [0.25, 0.3) is 0 Å². The number of nitrogens with zero attached hydrogens (tertiary/aromatic N) is 1. The zero-order chi connectivity index (χ0) is 13.2. The quantitative estimate of drug-likeness (QED) is 0.845. The Morgan fingerprint density at radius 1 is 1.26 bits per heavy atom. The van der Waals surface area contributed by atoms with Gasteiger partial charge in [0.2, 0.25) is 0 Å². The lowest BCUT2D eigenvalue weighted by molar-refractivity contribution is 0.0601. The van der Waals surface area contributed by atoms with Crippen LogP contribution in [0, 0.1) is 0 Å². The monoisotopic (exact) mass is 260 g/mol. The molecule has 0 aromatic heterocycles. The Morgan fingerprint density at radius 3 is 2.79 bits per heavy atom. The SMILES string of the molecule is COC(=O)c1ccc(NC2CCN3CCCC23)cc1. The number of esters is 1. The molecule has 0 aliphatic carbocycles. The maximum Gasteiger partial charge on any atom is 0.337 e. The summed E-state index contributed by atoms with van der Waals surface area (Å²) in [6, 6.07) is 8.80. The summed E-state index contributed by atoms with van der Waals surface area (Å²) in [6.07, 6.45) is 3.84. The lowest BCUT2D eigenvalue weighted by atomic mass is 10.1. The molecule has 4 nitrogen and oxygen atoms in total. The molecule has 0 radical (unpaired) electrons. The van der Waals surface area contributed by atoms with Crippen molar-refractivity contribution in [3.05, 3.63) is 29.8 Å². The summed E-state index contributed by atoms with van der Waals surface area (Å²) in [4.78, 5) is 14.0. The van der Waals surface area contributed by atoms with Crippen molar-refractivity contribution < 1.29 is 9.53 Å². The molecule has 2 unspecified atom stereocenters. The van der Waals surface area contributed by atoms with Crippen molar-refractivity contribution in [1.29, 1.82) is 0 Å². The Bertz CT molecular complexity index is 458. The van der Waals surface area contributed by atoms with Crippen molar-refractivity contribution in [3.8, 4) is 0 Å². The van der Waals surface area contributed by atoms with Gasteiger partial charge in [-0.1, -0.05) is 0 Å². The van der Waals surface area contributed by atoms with Crippen LogP contribution < -0.4 is 5.32 Å². The number of rotatable bonds is 3. The molecule has 0 spiro atoms. The second kappa shape index (κ2) is 5.21. The summed E-state index contributed by atoms with van der Waals surface area (Å²) in [7, 11) is 1.40. The highest BCUT2D eigenvalue weighted by Crippen LogP contribution is 2.30. The Morgan fingerprint density at radius 2 is 2.05 bits per heavy atom. The largest absolute Gasteiger partial charge is 0.465 e. The Balaban J connectivity index is 1.65. The van der Waals surface area contributed by atoms with Gasteiger partial charge in [0.25, 0.3) is 0 Å². The Labute approximate surface area is 113 Å². The number of hydrogen-bond donors (Lipinski definition) is 1. The number of hydrogen-bond acceptors (Lipinski definition) is 4. The molecular formula is C15H20N2O2. The molecule has 0 amide bonds. The van der Waals surface area contributed by atoms with Crippen LogP contribution in [0.15, 0.2) is 24.3 Å². The number of benzene rings is 1. The van der Waals surface area contributed by atoms with E-state index in [1.54, 1.807) is 0 Å². The molecule has 0 bridgehead atoms. The summed E-state index contributed by atoms with van der Waals surface area (Å²) < 4.78 is 4.70. The van der Waals surface area contributed by atoms with Crippen LogP contribution in [0.2, 0.25) is 0 Å². The Hall–Kier alpha value is -1.55. The minimum atomic E-state index is -0.283. The lowest BCUT2D eigenvalue weighted by Crippen LogP contribution is -2.33. The van der Waals surface area contributed by atoms with Crippen LogP contribution in [0.1, 0.15) is 29.6 Å². The third-order valence-corrected chi connectivity index (χ3v) is 4.26. The smallest absolute Gasteiger partial charge is 0.337 e. The number of fused-ring (bicyclic) bond motifs is 1. The fraction of sp³-hybridized carbons (Fsp3) is 0.533. The maximum atomic E-state index is 11.4. The standard InChI is InChI=1S/C15H20N2O2/c1-19-15(18)11-4-6-12(7-5-11)16-13-8-10-17-9-2-3-14(13)17/h4-7,13-14,16H,2-3,8-10H2,1H3. The van der Waals surface area contributed by atoms with Gasteiger partial charge in [-0.3, -0.25) is 4.90 Å². The number of nitrogens with one attached hydrogen (secondary N) is 1. The highest BCUT2D eigenvalue weighted by Gasteiger charge is 2.36. The molecule has 102 valence electrons. The second-order valence-corrected chi connectivity index (χ2v) is 5.35. The van der Waals surface area contributed by atoms with E-state index in [4.69, 9.17) is 4.74 Å². The van der Waals surface area contributed by atoms with Crippen LogP contribution in [0.3, 0.4) is 0 Å². The molecule has 2 fully saturated rings. The molecule has 3 rings (SSSR count). The summed E-state index contributed by atoms with van der Waals surface area (Å²) in [5.41, 5.74) is 1.69. The highest BCUT2D eigenvalue weighted by molar-refractivity contribution is 5.89. The summed E-state index contributed by atoms with van der Waals surface area (Å²) in [5.74, 6) is -0.283. The van der Waals surface area contributed by atoms with Gasteiger partial charge in [-0.2, -0.15) is 0 Å². The van der Waals surface area contributed by atoms with Gasteiger partial charge in [0, 0.05) is 24.3 Å². The minimum absolute atomic E-state index is 0.283. The van der Waals surface area contributed by atoms with Gasteiger partial charge in [0.05, 0.1) is 12.7 Å². The molecule has 1 N–H and O–H groups in total. The molecular weight excluding hydrogens is 240 g/mol. The molecule has 2 aliphatic heterocycles. The van der Waals surface area contributed by atoms with Gasteiger partial charge in [-0.15, -0.1) is 0 Å². The first-order valence-electron chi connectivity index (χ1n) is 6.97. The van der Waals surface area contributed by atoms with Gasteiger partial charge in [0.15, 0.2) is 0 Å². The summed E-state index contributed by atoms with van der Waals surface area (Å²) >= 11 is 0. The van der Waals surface area contributed by atoms with Gasteiger partial charge in [-0.05, 0) is 50.1 Å². The van der Waals surface area contributed by atoms with Gasteiger partial charge in [-0.25, -0.2) is 4.79 Å². The van der Waals surface area contributed by atoms with Crippen molar-refractivity contribution in [1.82, 2.24) is 4.90 Å². The van der Waals surface area contributed by atoms with Crippen molar-refractivity contribution in [2.24, 2.45) is 0 Å². The summed E-state index contributed by atoms with van der Waals surface area (Å²) in [5, 5.41) is 3.60. The van der Waals surface area contributed by atoms with E-state index in [1.165, 1.54) is 39.5 Å². The van der Waals surface area contributed by atoms with Crippen LogP contribution in [-0.2, 0) is 4.74 Å². The van der Waals surface area contributed by atoms with Crippen LogP contribution in [-0.4, -0.2) is 43.2 Å².